The molecule has 5 heteroatoms. The number of ether oxygens (including phenoxy) is 1. The number of benzene rings is 1. The van der Waals surface area contributed by atoms with Crippen molar-refractivity contribution in [2.45, 2.75) is 50.9 Å². The lowest BCUT2D eigenvalue weighted by Crippen LogP contribution is -2.34. The van der Waals surface area contributed by atoms with Crippen molar-refractivity contribution in [3.63, 3.8) is 0 Å². The zero-order chi connectivity index (χ0) is 15.2. The molecule has 0 aliphatic carbocycles. The van der Waals surface area contributed by atoms with E-state index >= 15 is 0 Å². The first-order valence-electron chi connectivity index (χ1n) is 7.29. The van der Waals surface area contributed by atoms with Gasteiger partial charge in [0.2, 0.25) is 5.91 Å². The monoisotopic (exact) mass is 291 g/mol. The van der Waals surface area contributed by atoms with Crippen LogP contribution in [0.3, 0.4) is 0 Å². The zero-order valence-corrected chi connectivity index (χ0v) is 12.1. The van der Waals surface area contributed by atoms with Crippen LogP contribution in [0, 0.1) is 0 Å². The van der Waals surface area contributed by atoms with Gasteiger partial charge in [-0.2, -0.15) is 0 Å². The first kappa shape index (κ1) is 15.5. The molecule has 114 valence electrons. The minimum atomic E-state index is -1.06. The average Bonchev–Trinajstić information content (AvgIpc) is 2.89. The number of nitrogens with one attached hydrogen (secondary N) is 1. The first-order chi connectivity index (χ1) is 10.1. The SMILES string of the molecule is CC1CCC(CCC(=O)N[C@H](C(=O)O)c2ccccc2)O1. The Balaban J connectivity index is 1.86. The van der Waals surface area contributed by atoms with Crippen LogP contribution in [0.2, 0.25) is 0 Å². The van der Waals surface area contributed by atoms with Gasteiger partial charge < -0.3 is 15.2 Å². The van der Waals surface area contributed by atoms with Crippen LogP contribution in [0.1, 0.15) is 44.2 Å². The Bertz CT molecular complexity index is 488. The van der Waals surface area contributed by atoms with E-state index in [1.54, 1.807) is 24.3 Å². The lowest BCUT2D eigenvalue weighted by Gasteiger charge is -2.16. The number of carbonyl (C=O) groups excluding carboxylic acids is 1. The van der Waals surface area contributed by atoms with Gasteiger partial charge >= 0.3 is 5.97 Å². The molecule has 1 aromatic carbocycles. The molecule has 0 radical (unpaired) electrons. The summed E-state index contributed by atoms with van der Waals surface area (Å²) in [5, 5.41) is 11.8. The van der Waals surface area contributed by atoms with Crippen LogP contribution < -0.4 is 5.32 Å². The number of hydrogen-bond donors (Lipinski definition) is 2. The molecule has 0 bridgehead atoms. The fourth-order valence-corrected chi connectivity index (χ4v) is 2.56. The summed E-state index contributed by atoms with van der Waals surface area (Å²) in [6.07, 6.45) is 3.29. The molecule has 1 aliphatic heterocycles. The largest absolute Gasteiger partial charge is 0.479 e. The Hall–Kier alpha value is -1.88. The van der Waals surface area contributed by atoms with Gasteiger partial charge in [-0.25, -0.2) is 4.79 Å². The van der Waals surface area contributed by atoms with Crippen LogP contribution in [-0.4, -0.2) is 29.2 Å². The second-order valence-electron chi connectivity index (χ2n) is 5.43. The smallest absolute Gasteiger partial charge is 0.330 e. The lowest BCUT2D eigenvalue weighted by atomic mass is 10.1. The molecule has 21 heavy (non-hydrogen) atoms. The summed E-state index contributed by atoms with van der Waals surface area (Å²) >= 11 is 0. The Morgan fingerprint density at radius 3 is 2.62 bits per heavy atom. The van der Waals surface area contributed by atoms with Gasteiger partial charge in [0, 0.05) is 6.42 Å². The third-order valence-electron chi connectivity index (χ3n) is 3.70. The summed E-state index contributed by atoms with van der Waals surface area (Å²) in [6, 6.07) is 7.71. The third-order valence-corrected chi connectivity index (χ3v) is 3.70. The number of hydrogen-bond acceptors (Lipinski definition) is 3. The molecule has 3 atom stereocenters. The topological polar surface area (TPSA) is 75.6 Å². The maximum Gasteiger partial charge on any atom is 0.330 e. The molecule has 5 nitrogen and oxygen atoms in total. The summed E-state index contributed by atoms with van der Waals surface area (Å²) in [5.41, 5.74) is 0.573. The van der Waals surface area contributed by atoms with Gasteiger partial charge in [0.15, 0.2) is 6.04 Å². The van der Waals surface area contributed by atoms with Crippen molar-refractivity contribution in [3.8, 4) is 0 Å². The molecule has 1 fully saturated rings. The van der Waals surface area contributed by atoms with Crippen LogP contribution in [0.5, 0.6) is 0 Å². The summed E-state index contributed by atoms with van der Waals surface area (Å²) in [7, 11) is 0. The molecular formula is C16H21NO4. The number of amides is 1. The maximum atomic E-state index is 11.9. The quantitative estimate of drug-likeness (QED) is 0.843. The van der Waals surface area contributed by atoms with Crippen molar-refractivity contribution >= 4 is 11.9 Å². The Kier molecular flexibility index (Phi) is 5.33. The predicted molar refractivity (Wildman–Crippen MR) is 77.8 cm³/mol. The van der Waals surface area contributed by atoms with Crippen molar-refractivity contribution in [3.05, 3.63) is 35.9 Å². The average molecular weight is 291 g/mol. The molecule has 2 unspecified atom stereocenters. The zero-order valence-electron chi connectivity index (χ0n) is 12.1. The number of carboxylic acid groups (broad SMARTS) is 1. The highest BCUT2D eigenvalue weighted by Crippen LogP contribution is 2.22. The van der Waals surface area contributed by atoms with Crippen LogP contribution in [0.25, 0.3) is 0 Å². The van der Waals surface area contributed by atoms with E-state index in [1.165, 1.54) is 0 Å². The van der Waals surface area contributed by atoms with Gasteiger partial charge in [-0.1, -0.05) is 30.3 Å². The molecular weight excluding hydrogens is 270 g/mol. The van der Waals surface area contributed by atoms with Crippen molar-refractivity contribution < 1.29 is 19.4 Å². The van der Waals surface area contributed by atoms with Crippen molar-refractivity contribution in [2.75, 3.05) is 0 Å². The number of carbonyl (C=O) groups is 2. The molecule has 0 saturated carbocycles. The van der Waals surface area contributed by atoms with E-state index in [-0.39, 0.29) is 24.5 Å². The third kappa shape index (κ3) is 4.56. The summed E-state index contributed by atoms with van der Waals surface area (Å²) in [4.78, 5) is 23.2. The summed E-state index contributed by atoms with van der Waals surface area (Å²) < 4.78 is 5.65. The number of rotatable bonds is 6. The Morgan fingerprint density at radius 1 is 1.33 bits per heavy atom. The standard InChI is InChI=1S/C16H21NO4/c1-11-7-8-13(21-11)9-10-14(18)17-15(16(19)20)12-5-3-2-4-6-12/h2-6,11,13,15H,7-10H2,1H3,(H,17,18)(H,19,20)/t11?,13?,15-/m0/s1. The van der Waals surface area contributed by atoms with E-state index in [0.29, 0.717) is 12.0 Å². The van der Waals surface area contributed by atoms with Gasteiger partial charge in [0.05, 0.1) is 12.2 Å². The van der Waals surface area contributed by atoms with Crippen molar-refractivity contribution in [1.82, 2.24) is 5.32 Å². The predicted octanol–water partition coefficient (Wildman–Crippen LogP) is 2.28. The van der Waals surface area contributed by atoms with Gasteiger partial charge in [0.1, 0.15) is 0 Å². The van der Waals surface area contributed by atoms with Crippen molar-refractivity contribution in [1.29, 1.82) is 0 Å². The molecule has 1 amide bonds. The van der Waals surface area contributed by atoms with Gasteiger partial charge in [-0.15, -0.1) is 0 Å². The Labute approximate surface area is 124 Å². The fraction of sp³-hybridized carbons (Fsp3) is 0.500. The maximum absolute atomic E-state index is 11.9. The molecule has 1 saturated heterocycles. The number of carboxylic acids is 1. The highest BCUT2D eigenvalue weighted by molar-refractivity contribution is 5.84. The molecule has 2 rings (SSSR count). The second kappa shape index (κ2) is 7.22. The van der Waals surface area contributed by atoms with E-state index in [1.807, 2.05) is 13.0 Å². The Morgan fingerprint density at radius 2 is 2.05 bits per heavy atom. The normalized spacial score (nSPS) is 22.7. The molecule has 1 heterocycles. The fourth-order valence-electron chi connectivity index (χ4n) is 2.56. The molecule has 1 aliphatic rings. The van der Waals surface area contributed by atoms with E-state index in [9.17, 15) is 14.7 Å². The molecule has 0 spiro atoms. The highest BCUT2D eigenvalue weighted by atomic mass is 16.5. The minimum Gasteiger partial charge on any atom is -0.479 e. The van der Waals surface area contributed by atoms with Crippen LogP contribution in [0.4, 0.5) is 0 Å². The second-order valence-corrected chi connectivity index (χ2v) is 5.43. The summed E-state index contributed by atoms with van der Waals surface area (Å²) in [5.74, 6) is -1.31. The summed E-state index contributed by atoms with van der Waals surface area (Å²) in [6.45, 7) is 2.02. The van der Waals surface area contributed by atoms with Crippen LogP contribution in [0.15, 0.2) is 30.3 Å². The van der Waals surface area contributed by atoms with Crippen molar-refractivity contribution in [2.24, 2.45) is 0 Å². The minimum absolute atomic E-state index is 0.116. The van der Waals surface area contributed by atoms with E-state index in [4.69, 9.17) is 4.74 Å². The van der Waals surface area contributed by atoms with Crippen LogP contribution in [-0.2, 0) is 14.3 Å². The van der Waals surface area contributed by atoms with E-state index in [0.717, 1.165) is 12.8 Å². The highest BCUT2D eigenvalue weighted by Gasteiger charge is 2.25. The van der Waals surface area contributed by atoms with Gasteiger partial charge in [-0.3, -0.25) is 4.79 Å². The lowest BCUT2D eigenvalue weighted by molar-refractivity contribution is -0.142. The molecule has 0 aromatic heterocycles. The number of aliphatic carboxylic acids is 1. The first-order valence-corrected chi connectivity index (χ1v) is 7.29. The molecule has 2 N–H and O–H groups in total. The van der Waals surface area contributed by atoms with E-state index in [2.05, 4.69) is 5.32 Å². The van der Waals surface area contributed by atoms with Crippen LogP contribution >= 0.6 is 0 Å². The van der Waals surface area contributed by atoms with E-state index < -0.39 is 12.0 Å². The van der Waals surface area contributed by atoms with Gasteiger partial charge in [0.25, 0.3) is 0 Å². The molecule has 1 aromatic rings. The van der Waals surface area contributed by atoms with Gasteiger partial charge in [-0.05, 0) is 31.7 Å².